The summed E-state index contributed by atoms with van der Waals surface area (Å²) in [6.45, 7) is 1.70. The van der Waals surface area contributed by atoms with Gasteiger partial charge in [0, 0.05) is 0 Å². The van der Waals surface area contributed by atoms with Crippen molar-refractivity contribution in [2.24, 2.45) is 0 Å². The summed E-state index contributed by atoms with van der Waals surface area (Å²) in [5, 5.41) is 18.9. The number of carboxylic acids is 1. The van der Waals surface area contributed by atoms with Crippen LogP contribution in [0.15, 0.2) is 36.4 Å². The Labute approximate surface area is 162 Å². The van der Waals surface area contributed by atoms with E-state index in [0.29, 0.717) is 31.8 Å². The molecule has 0 atom stereocenters. The third-order valence-corrected chi connectivity index (χ3v) is 6.58. The quantitative estimate of drug-likeness (QED) is 0.628. The van der Waals surface area contributed by atoms with Crippen molar-refractivity contribution in [3.05, 3.63) is 52.1 Å². The zero-order valence-corrected chi connectivity index (χ0v) is 16.7. The molecule has 0 saturated heterocycles. The number of rotatable bonds is 5. The molecule has 1 N–H and O–H groups in total. The number of nitriles is 1. The van der Waals surface area contributed by atoms with Gasteiger partial charge in [-0.05, 0) is 0 Å². The molecule has 0 fully saturated rings. The Morgan fingerprint density at radius 1 is 1.11 bits per heavy atom. The average molecular weight is 427 g/mol. The number of methoxy groups -OCH3 is 2. The fourth-order valence-corrected chi connectivity index (χ4v) is 4.63. The van der Waals surface area contributed by atoms with Crippen LogP contribution in [-0.2, 0) is 0 Å². The number of aromatic nitrogens is 1. The van der Waals surface area contributed by atoms with E-state index in [4.69, 9.17) is 9.47 Å². The first-order valence-corrected chi connectivity index (χ1v) is 9.67. The number of hydrogen-bond donors (Lipinski definition) is 1. The zero-order chi connectivity index (χ0) is 19.6. The van der Waals surface area contributed by atoms with E-state index in [0.717, 1.165) is 16.7 Å². The van der Waals surface area contributed by atoms with Gasteiger partial charge in [-0.1, -0.05) is 0 Å². The molecule has 0 aliphatic carbocycles. The van der Waals surface area contributed by atoms with Gasteiger partial charge in [-0.15, -0.1) is 0 Å². The number of benzene rings is 2. The maximum atomic E-state index is 11.3. The van der Waals surface area contributed by atoms with Crippen LogP contribution in [0.1, 0.15) is 20.5 Å². The van der Waals surface area contributed by atoms with Gasteiger partial charge in [0.15, 0.2) is 0 Å². The maximum absolute atomic E-state index is 11.3. The van der Waals surface area contributed by atoms with Gasteiger partial charge in [0.1, 0.15) is 0 Å². The second-order valence-corrected chi connectivity index (χ2v) is 7.78. The topological polar surface area (TPSA) is 92.4 Å². The van der Waals surface area contributed by atoms with Crippen molar-refractivity contribution in [2.75, 3.05) is 14.2 Å². The zero-order valence-electron chi connectivity index (χ0n) is 14.9. The van der Waals surface area contributed by atoms with E-state index in [9.17, 15) is 15.2 Å². The van der Waals surface area contributed by atoms with Gasteiger partial charge in [0.05, 0.1) is 0 Å². The molecule has 0 aliphatic heterocycles. The minimum absolute atomic E-state index is 0.347. The van der Waals surface area contributed by atoms with Gasteiger partial charge < -0.3 is 0 Å². The Morgan fingerprint density at radius 2 is 1.81 bits per heavy atom. The molecule has 0 bridgehead atoms. The molecular formula is C20H16N2O4Se. The third-order valence-electron chi connectivity index (χ3n) is 4.07. The molecule has 0 radical (unpaired) electrons. The minimum atomic E-state index is -0.936. The molecule has 0 spiro atoms. The van der Waals surface area contributed by atoms with Crippen molar-refractivity contribution < 1.29 is 19.4 Å². The van der Waals surface area contributed by atoms with Crippen molar-refractivity contribution >= 4 is 20.5 Å². The second-order valence-electron chi connectivity index (χ2n) is 5.68. The number of nitrogens with zero attached hydrogens (tertiary/aromatic N) is 2. The first kappa shape index (κ1) is 18.7. The number of carbonyl (C=O) groups is 1. The van der Waals surface area contributed by atoms with Crippen molar-refractivity contribution in [2.45, 2.75) is 6.92 Å². The Morgan fingerprint density at radius 3 is 2.41 bits per heavy atom. The Kier molecular flexibility index (Phi) is 5.31. The first-order chi connectivity index (χ1) is 13.0. The number of ether oxygens (including phenoxy) is 2. The Balaban J connectivity index is 2.07. The predicted octanol–water partition coefficient (Wildman–Crippen LogP) is 3.37. The molecule has 27 heavy (non-hydrogen) atoms. The van der Waals surface area contributed by atoms with Gasteiger partial charge in [-0.25, -0.2) is 0 Å². The summed E-state index contributed by atoms with van der Waals surface area (Å²) >= 11 is -0.381. The predicted molar refractivity (Wildman–Crippen MR) is 102 cm³/mol. The van der Waals surface area contributed by atoms with Crippen molar-refractivity contribution in [1.29, 1.82) is 5.26 Å². The molecule has 0 aliphatic rings. The van der Waals surface area contributed by atoms with Crippen LogP contribution in [0.25, 0.3) is 21.3 Å². The van der Waals surface area contributed by atoms with Crippen LogP contribution in [0, 0.1) is 18.3 Å². The summed E-state index contributed by atoms with van der Waals surface area (Å²) < 4.78 is 11.7. The molecule has 0 unspecified atom stereocenters. The summed E-state index contributed by atoms with van der Waals surface area (Å²) in [5.41, 5.74) is 3.37. The molecule has 2 aromatic carbocycles. The molecule has 7 heteroatoms. The van der Waals surface area contributed by atoms with E-state index in [1.165, 1.54) is 0 Å². The SMILES string of the molecule is COc1ccc(-c2ccc(-c3nc(C)c(C(=O)O)[se]3)cc2C#N)cc1OC. The van der Waals surface area contributed by atoms with Gasteiger partial charge >= 0.3 is 162 Å². The van der Waals surface area contributed by atoms with Gasteiger partial charge in [0.2, 0.25) is 0 Å². The van der Waals surface area contributed by atoms with Crippen LogP contribution >= 0.6 is 0 Å². The van der Waals surface area contributed by atoms with E-state index >= 15 is 0 Å². The second kappa shape index (κ2) is 7.66. The van der Waals surface area contributed by atoms with Gasteiger partial charge in [-0.3, -0.25) is 0 Å². The van der Waals surface area contributed by atoms with Crippen LogP contribution in [-0.4, -0.2) is 44.8 Å². The number of carboxylic acid groups (broad SMARTS) is 1. The van der Waals surface area contributed by atoms with Gasteiger partial charge in [-0.2, -0.15) is 0 Å². The summed E-state index contributed by atoms with van der Waals surface area (Å²) in [5.74, 6) is 0.258. The molecule has 3 rings (SSSR count). The van der Waals surface area contributed by atoms with Gasteiger partial charge in [0.25, 0.3) is 0 Å². The molecule has 136 valence electrons. The molecule has 3 aromatic rings. The van der Waals surface area contributed by atoms with E-state index in [1.54, 1.807) is 33.3 Å². The number of hydrogen-bond acceptors (Lipinski definition) is 5. The van der Waals surface area contributed by atoms with E-state index in [2.05, 4.69) is 11.1 Å². The Bertz CT molecular complexity index is 1070. The fraction of sp³-hybridized carbons (Fsp3) is 0.150. The number of aryl methyl sites for hydroxylation is 1. The van der Waals surface area contributed by atoms with Crippen LogP contribution in [0.2, 0.25) is 0 Å². The van der Waals surface area contributed by atoms with Crippen molar-refractivity contribution in [3.8, 4) is 38.8 Å². The number of aromatic carboxylic acids is 1. The van der Waals surface area contributed by atoms with E-state index in [-0.39, 0.29) is 14.5 Å². The first-order valence-electron chi connectivity index (χ1n) is 7.96. The summed E-state index contributed by atoms with van der Waals surface area (Å²) in [6.07, 6.45) is 0. The third kappa shape index (κ3) is 3.59. The molecular weight excluding hydrogens is 411 g/mol. The normalized spacial score (nSPS) is 10.3. The average Bonchev–Trinajstić information content (AvgIpc) is 3.08. The summed E-state index contributed by atoms with van der Waals surface area (Å²) in [6, 6.07) is 13.2. The molecule has 0 saturated carbocycles. The van der Waals surface area contributed by atoms with Crippen LogP contribution in [0.3, 0.4) is 0 Å². The monoisotopic (exact) mass is 428 g/mol. The van der Waals surface area contributed by atoms with Crippen LogP contribution in [0.4, 0.5) is 0 Å². The fourth-order valence-electron chi connectivity index (χ4n) is 2.74. The van der Waals surface area contributed by atoms with E-state index in [1.807, 2.05) is 24.3 Å². The van der Waals surface area contributed by atoms with Crippen molar-refractivity contribution in [3.63, 3.8) is 0 Å². The molecule has 0 amide bonds. The van der Waals surface area contributed by atoms with E-state index < -0.39 is 5.97 Å². The van der Waals surface area contributed by atoms with Crippen LogP contribution in [0.5, 0.6) is 11.5 Å². The summed E-state index contributed by atoms with van der Waals surface area (Å²) in [7, 11) is 3.13. The molecule has 6 nitrogen and oxygen atoms in total. The standard InChI is InChI=1S/C20H16N2O4Se/c1-11-18(20(23)24)27-19(22-11)13-4-6-15(14(8-13)10-21)12-5-7-16(25-2)17(9-12)26-3/h4-9H,1-3H3,(H,23,24). The van der Waals surface area contributed by atoms with Crippen LogP contribution < -0.4 is 9.47 Å². The molecule has 1 aromatic heterocycles. The van der Waals surface area contributed by atoms with Crippen molar-refractivity contribution in [1.82, 2.24) is 4.98 Å². The molecule has 1 heterocycles. The summed E-state index contributed by atoms with van der Waals surface area (Å²) in [4.78, 5) is 15.7. The Hall–Kier alpha value is -3.07.